The van der Waals surface area contributed by atoms with Gasteiger partial charge in [-0.3, -0.25) is 5.10 Å². The molecule has 0 saturated carbocycles. The van der Waals surface area contributed by atoms with Gasteiger partial charge in [-0.1, -0.05) is 25.4 Å². The van der Waals surface area contributed by atoms with Crippen molar-refractivity contribution in [3.63, 3.8) is 0 Å². The van der Waals surface area contributed by atoms with Gasteiger partial charge in [-0.15, -0.1) is 0 Å². The number of hydrogen-bond donors (Lipinski definition) is 1. The summed E-state index contributed by atoms with van der Waals surface area (Å²) >= 11 is 5.59. The first-order valence-electron chi connectivity index (χ1n) is 4.98. The van der Waals surface area contributed by atoms with E-state index < -0.39 is 11.9 Å². The molecule has 0 aliphatic carbocycles. The van der Waals surface area contributed by atoms with Crippen molar-refractivity contribution in [2.24, 2.45) is 0 Å². The maximum absolute atomic E-state index is 12.4. The average molecular weight is 266 g/mol. The van der Waals surface area contributed by atoms with Gasteiger partial charge >= 0.3 is 6.18 Å². The van der Waals surface area contributed by atoms with Crippen LogP contribution in [0.5, 0.6) is 0 Å². The van der Waals surface area contributed by atoms with Gasteiger partial charge in [-0.05, 0) is 13.0 Å². The molecule has 3 nitrogen and oxygen atoms in total. The Morgan fingerprint density at radius 1 is 1.29 bits per heavy atom. The van der Waals surface area contributed by atoms with E-state index >= 15 is 0 Å². The first-order valence-corrected chi connectivity index (χ1v) is 5.36. The van der Waals surface area contributed by atoms with Crippen molar-refractivity contribution in [1.82, 2.24) is 15.2 Å². The second-order valence-corrected chi connectivity index (χ2v) is 3.40. The van der Waals surface area contributed by atoms with Crippen LogP contribution in [0.4, 0.5) is 13.2 Å². The zero-order valence-electron chi connectivity index (χ0n) is 9.48. The molecule has 2 heterocycles. The maximum Gasteiger partial charge on any atom is 0.433 e. The number of nitrogens with zero attached hydrogens (tertiary/aromatic N) is 2. The van der Waals surface area contributed by atoms with Crippen LogP contribution in [0.15, 0.2) is 6.07 Å². The Hall–Kier alpha value is -1.30. The molecule has 0 atom stereocenters. The Balaban J connectivity index is 0.000000686. The van der Waals surface area contributed by atoms with Crippen LogP contribution in [-0.2, 0) is 6.18 Å². The Bertz CT molecular complexity index is 519. The van der Waals surface area contributed by atoms with E-state index in [-0.39, 0.29) is 10.7 Å². The van der Waals surface area contributed by atoms with Gasteiger partial charge in [-0.2, -0.15) is 18.3 Å². The zero-order valence-corrected chi connectivity index (χ0v) is 10.2. The fourth-order valence-electron chi connectivity index (χ4n) is 1.24. The highest BCUT2D eigenvalue weighted by atomic mass is 35.5. The van der Waals surface area contributed by atoms with Crippen LogP contribution in [0.2, 0.25) is 5.15 Å². The highest BCUT2D eigenvalue weighted by molar-refractivity contribution is 6.33. The summed E-state index contributed by atoms with van der Waals surface area (Å²) < 4.78 is 37.1. The summed E-state index contributed by atoms with van der Waals surface area (Å²) in [6, 6.07) is 0.931. The molecular formula is C10H11ClF3N3. The Kier molecular flexibility index (Phi) is 3.98. The Morgan fingerprint density at radius 3 is 2.41 bits per heavy atom. The van der Waals surface area contributed by atoms with Crippen molar-refractivity contribution in [1.29, 1.82) is 0 Å². The molecule has 17 heavy (non-hydrogen) atoms. The van der Waals surface area contributed by atoms with Crippen LogP contribution < -0.4 is 0 Å². The number of aromatic amines is 1. The Labute approximate surface area is 101 Å². The summed E-state index contributed by atoms with van der Waals surface area (Å²) in [6.07, 6.45) is -4.50. The summed E-state index contributed by atoms with van der Waals surface area (Å²) in [5.74, 6) is 0. The summed E-state index contributed by atoms with van der Waals surface area (Å²) in [7, 11) is 0. The van der Waals surface area contributed by atoms with E-state index in [1.54, 1.807) is 6.92 Å². The van der Waals surface area contributed by atoms with Gasteiger partial charge in [0, 0.05) is 11.1 Å². The largest absolute Gasteiger partial charge is 0.433 e. The first kappa shape index (κ1) is 13.8. The molecule has 0 spiro atoms. The third kappa shape index (κ3) is 2.69. The highest BCUT2D eigenvalue weighted by Crippen LogP contribution is 2.32. The topological polar surface area (TPSA) is 41.6 Å². The van der Waals surface area contributed by atoms with E-state index in [0.29, 0.717) is 11.1 Å². The number of nitrogens with one attached hydrogen (secondary N) is 1. The molecule has 0 unspecified atom stereocenters. The predicted molar refractivity (Wildman–Crippen MR) is 60.0 cm³/mol. The normalized spacial score (nSPS) is 11.2. The molecule has 7 heteroatoms. The molecule has 0 radical (unpaired) electrons. The number of fused-ring (bicyclic) bond motifs is 1. The summed E-state index contributed by atoms with van der Waals surface area (Å²) in [5.41, 5.74) is -0.230. The lowest BCUT2D eigenvalue weighted by atomic mass is 10.2. The monoisotopic (exact) mass is 265 g/mol. The number of hydrogen-bond acceptors (Lipinski definition) is 2. The van der Waals surface area contributed by atoms with Gasteiger partial charge in [0.2, 0.25) is 0 Å². The highest BCUT2D eigenvalue weighted by Gasteiger charge is 2.33. The predicted octanol–water partition coefficient (Wildman–Crippen LogP) is 3.96. The third-order valence-electron chi connectivity index (χ3n) is 1.98. The number of pyridine rings is 1. The molecule has 0 aliphatic rings. The number of aryl methyl sites for hydroxylation is 1. The average Bonchev–Trinajstić information content (AvgIpc) is 2.63. The summed E-state index contributed by atoms with van der Waals surface area (Å²) in [4.78, 5) is 3.24. The van der Waals surface area contributed by atoms with Gasteiger partial charge in [0.15, 0.2) is 5.15 Å². The molecule has 94 valence electrons. The standard InChI is InChI=1S/C8H5ClF3N3.C2H6/c1-3-4-2-5(8(10,11)12)13-7(9)6(4)15-14-3;1-2/h2H,1H3,(H,14,15);1-2H3. The molecule has 2 aromatic heterocycles. The van der Waals surface area contributed by atoms with Gasteiger partial charge in [0.1, 0.15) is 11.2 Å². The van der Waals surface area contributed by atoms with E-state index in [4.69, 9.17) is 11.6 Å². The molecule has 1 N–H and O–H groups in total. The smallest absolute Gasteiger partial charge is 0.282 e. The van der Waals surface area contributed by atoms with Crippen LogP contribution in [0.1, 0.15) is 25.2 Å². The van der Waals surface area contributed by atoms with Crippen molar-refractivity contribution in [3.05, 3.63) is 22.6 Å². The summed E-state index contributed by atoms with van der Waals surface area (Å²) in [5, 5.41) is 6.40. The van der Waals surface area contributed by atoms with Crippen molar-refractivity contribution in [2.45, 2.75) is 26.9 Å². The van der Waals surface area contributed by atoms with Gasteiger partial charge < -0.3 is 0 Å². The molecule has 0 amide bonds. The van der Waals surface area contributed by atoms with E-state index in [1.807, 2.05) is 13.8 Å². The van der Waals surface area contributed by atoms with Gasteiger partial charge in [-0.25, -0.2) is 4.98 Å². The molecule has 0 saturated heterocycles. The fourth-order valence-corrected chi connectivity index (χ4v) is 1.48. The van der Waals surface area contributed by atoms with Crippen molar-refractivity contribution in [2.75, 3.05) is 0 Å². The fraction of sp³-hybridized carbons (Fsp3) is 0.400. The van der Waals surface area contributed by atoms with Crippen LogP contribution >= 0.6 is 11.6 Å². The first-order chi connectivity index (χ1) is 7.89. The van der Waals surface area contributed by atoms with E-state index in [1.165, 1.54) is 0 Å². The molecule has 0 aromatic carbocycles. The van der Waals surface area contributed by atoms with Crippen molar-refractivity contribution in [3.8, 4) is 0 Å². The number of rotatable bonds is 0. The second-order valence-electron chi connectivity index (χ2n) is 3.04. The van der Waals surface area contributed by atoms with Gasteiger partial charge in [0.05, 0.1) is 0 Å². The Morgan fingerprint density at radius 2 is 1.88 bits per heavy atom. The molecular weight excluding hydrogens is 255 g/mol. The minimum Gasteiger partial charge on any atom is -0.282 e. The van der Waals surface area contributed by atoms with Crippen LogP contribution in [0.3, 0.4) is 0 Å². The number of H-pyrrole nitrogens is 1. The lowest BCUT2D eigenvalue weighted by Gasteiger charge is -2.05. The lowest BCUT2D eigenvalue weighted by Crippen LogP contribution is -2.07. The molecule has 2 aromatic rings. The number of halogens is 4. The van der Waals surface area contributed by atoms with Gasteiger partial charge in [0.25, 0.3) is 0 Å². The second kappa shape index (κ2) is 4.91. The minimum absolute atomic E-state index is 0.246. The summed E-state index contributed by atoms with van der Waals surface area (Å²) in [6.45, 7) is 5.62. The molecule has 0 fully saturated rings. The van der Waals surface area contributed by atoms with Crippen molar-refractivity contribution >= 4 is 22.5 Å². The quantitative estimate of drug-likeness (QED) is 0.733. The maximum atomic E-state index is 12.4. The van der Waals surface area contributed by atoms with Crippen molar-refractivity contribution < 1.29 is 13.2 Å². The number of aromatic nitrogens is 3. The SMILES string of the molecule is CC.Cc1[nH]nc2c(Cl)nc(C(F)(F)F)cc12. The van der Waals surface area contributed by atoms with E-state index in [0.717, 1.165) is 6.07 Å². The third-order valence-corrected chi connectivity index (χ3v) is 2.24. The van der Waals surface area contributed by atoms with Crippen LogP contribution in [0.25, 0.3) is 10.9 Å². The van der Waals surface area contributed by atoms with E-state index in [9.17, 15) is 13.2 Å². The number of alkyl halides is 3. The zero-order chi connectivity index (χ0) is 13.2. The van der Waals surface area contributed by atoms with Crippen LogP contribution in [-0.4, -0.2) is 15.2 Å². The van der Waals surface area contributed by atoms with Crippen LogP contribution in [0, 0.1) is 6.92 Å². The lowest BCUT2D eigenvalue weighted by molar-refractivity contribution is -0.141. The molecule has 0 bridgehead atoms. The minimum atomic E-state index is -4.50. The molecule has 2 rings (SSSR count). The molecule has 0 aliphatic heterocycles. The van der Waals surface area contributed by atoms with E-state index in [2.05, 4.69) is 15.2 Å².